The molecule has 2 rings (SSSR count). The maximum atomic E-state index is 9.92. The number of ether oxygens (including phenoxy) is 1. The van der Waals surface area contributed by atoms with Crippen LogP contribution < -0.4 is 4.74 Å². The Balaban J connectivity index is 2.21. The van der Waals surface area contributed by atoms with Crippen LogP contribution in [0.15, 0.2) is 12.1 Å². The van der Waals surface area contributed by atoms with Crippen molar-refractivity contribution in [2.24, 2.45) is 0 Å². The van der Waals surface area contributed by atoms with Crippen molar-refractivity contribution in [3.8, 4) is 17.2 Å². The van der Waals surface area contributed by atoms with Gasteiger partial charge in [0.05, 0.1) is 0 Å². The molecule has 0 fully saturated rings. The Labute approximate surface area is 114 Å². The zero-order valence-corrected chi connectivity index (χ0v) is 11.6. The van der Waals surface area contributed by atoms with Gasteiger partial charge in [-0.15, -0.1) is 0 Å². The largest absolute Gasteiger partial charge is 0.507 e. The van der Waals surface area contributed by atoms with E-state index in [2.05, 4.69) is 6.92 Å². The number of benzene rings is 1. The summed E-state index contributed by atoms with van der Waals surface area (Å²) in [7, 11) is 0. The SMILES string of the molecule is CC=Cc1c(O)cc(O)c2c1CC(CCCCC)O2. The van der Waals surface area contributed by atoms with Crippen molar-refractivity contribution < 1.29 is 14.9 Å². The van der Waals surface area contributed by atoms with E-state index in [1.807, 2.05) is 19.1 Å². The average molecular weight is 262 g/mol. The molecule has 3 nitrogen and oxygen atoms in total. The molecule has 1 heterocycles. The van der Waals surface area contributed by atoms with Crippen LogP contribution in [-0.2, 0) is 6.42 Å². The van der Waals surface area contributed by atoms with Crippen molar-refractivity contribution >= 4 is 6.08 Å². The molecule has 1 aromatic carbocycles. The van der Waals surface area contributed by atoms with Crippen molar-refractivity contribution in [2.75, 3.05) is 0 Å². The summed E-state index contributed by atoms with van der Waals surface area (Å²) < 4.78 is 5.83. The topological polar surface area (TPSA) is 49.7 Å². The van der Waals surface area contributed by atoms with Crippen LogP contribution in [0.25, 0.3) is 6.08 Å². The summed E-state index contributed by atoms with van der Waals surface area (Å²) >= 11 is 0. The van der Waals surface area contributed by atoms with Crippen LogP contribution in [-0.4, -0.2) is 16.3 Å². The Bertz CT molecular complexity index is 477. The fourth-order valence-corrected chi connectivity index (χ4v) is 2.61. The summed E-state index contributed by atoms with van der Waals surface area (Å²) in [6.07, 6.45) is 9.17. The van der Waals surface area contributed by atoms with Gasteiger partial charge in [-0.1, -0.05) is 31.9 Å². The van der Waals surface area contributed by atoms with Crippen molar-refractivity contribution in [1.82, 2.24) is 0 Å². The van der Waals surface area contributed by atoms with E-state index >= 15 is 0 Å². The van der Waals surface area contributed by atoms with E-state index < -0.39 is 0 Å². The van der Waals surface area contributed by atoms with Gasteiger partial charge in [-0.05, 0) is 19.8 Å². The zero-order valence-electron chi connectivity index (χ0n) is 11.6. The lowest BCUT2D eigenvalue weighted by Gasteiger charge is -2.10. The van der Waals surface area contributed by atoms with Gasteiger partial charge in [0.15, 0.2) is 11.5 Å². The summed E-state index contributed by atoms with van der Waals surface area (Å²) in [6, 6.07) is 1.36. The number of unbranched alkanes of at least 4 members (excludes halogenated alkanes) is 2. The second-order valence-corrected chi connectivity index (χ2v) is 5.08. The molecule has 2 N–H and O–H groups in total. The molecule has 104 valence electrons. The normalized spacial score (nSPS) is 17.7. The molecular weight excluding hydrogens is 240 g/mol. The minimum atomic E-state index is 0.0405. The van der Waals surface area contributed by atoms with Crippen LogP contribution in [0.4, 0.5) is 0 Å². The summed E-state index contributed by atoms with van der Waals surface area (Å²) in [4.78, 5) is 0. The quantitative estimate of drug-likeness (QED) is 0.788. The molecule has 19 heavy (non-hydrogen) atoms. The van der Waals surface area contributed by atoms with Gasteiger partial charge < -0.3 is 14.9 Å². The van der Waals surface area contributed by atoms with E-state index in [1.165, 1.54) is 18.9 Å². The molecule has 0 aromatic heterocycles. The lowest BCUT2D eigenvalue weighted by Crippen LogP contribution is -2.12. The molecule has 1 unspecified atom stereocenters. The van der Waals surface area contributed by atoms with Gasteiger partial charge in [-0.25, -0.2) is 0 Å². The first-order valence-electron chi connectivity index (χ1n) is 7.04. The Morgan fingerprint density at radius 3 is 2.79 bits per heavy atom. The van der Waals surface area contributed by atoms with Gasteiger partial charge in [-0.2, -0.15) is 0 Å². The van der Waals surface area contributed by atoms with E-state index in [1.54, 1.807) is 0 Å². The summed E-state index contributed by atoms with van der Waals surface area (Å²) in [5.41, 5.74) is 1.70. The van der Waals surface area contributed by atoms with Crippen LogP contribution >= 0.6 is 0 Å². The molecular formula is C16H22O3. The van der Waals surface area contributed by atoms with Gasteiger partial charge in [0.25, 0.3) is 0 Å². The highest BCUT2D eigenvalue weighted by atomic mass is 16.5. The highest BCUT2D eigenvalue weighted by molar-refractivity contribution is 5.69. The maximum absolute atomic E-state index is 9.92. The number of hydrogen-bond donors (Lipinski definition) is 2. The standard InChI is InChI=1S/C16H22O3/c1-3-5-6-8-11-9-13-12(7-4-2)14(17)10-15(18)16(13)19-11/h4,7,10-11,17-18H,3,5-6,8-9H2,1-2H3. The van der Waals surface area contributed by atoms with E-state index in [-0.39, 0.29) is 17.6 Å². The smallest absolute Gasteiger partial charge is 0.165 e. The van der Waals surface area contributed by atoms with Gasteiger partial charge >= 0.3 is 0 Å². The minimum Gasteiger partial charge on any atom is -0.507 e. The van der Waals surface area contributed by atoms with Crippen LogP contribution in [0.5, 0.6) is 17.2 Å². The highest BCUT2D eigenvalue weighted by Gasteiger charge is 2.28. The number of rotatable bonds is 5. The van der Waals surface area contributed by atoms with Gasteiger partial charge in [0.2, 0.25) is 0 Å². The van der Waals surface area contributed by atoms with Gasteiger partial charge in [-0.3, -0.25) is 0 Å². The molecule has 3 heteroatoms. The molecule has 1 aliphatic rings. The molecule has 1 atom stereocenters. The number of aromatic hydroxyl groups is 2. The highest BCUT2D eigenvalue weighted by Crippen LogP contribution is 2.44. The average Bonchev–Trinajstić information content (AvgIpc) is 2.79. The Hall–Kier alpha value is -1.64. The number of phenolic OH excluding ortho intramolecular Hbond substituents is 2. The van der Waals surface area contributed by atoms with Crippen LogP contribution in [0.1, 0.15) is 50.7 Å². The van der Waals surface area contributed by atoms with Crippen molar-refractivity contribution in [3.63, 3.8) is 0 Å². The number of phenols is 2. The third kappa shape index (κ3) is 2.86. The molecule has 0 saturated carbocycles. The first-order valence-corrected chi connectivity index (χ1v) is 7.04. The van der Waals surface area contributed by atoms with E-state index in [0.717, 1.165) is 30.4 Å². The van der Waals surface area contributed by atoms with Crippen LogP contribution in [0.3, 0.4) is 0 Å². The second kappa shape index (κ2) is 6.00. The molecule has 0 saturated heterocycles. The Morgan fingerprint density at radius 2 is 2.11 bits per heavy atom. The summed E-state index contributed by atoms with van der Waals surface area (Å²) in [5.74, 6) is 0.707. The van der Waals surface area contributed by atoms with Gasteiger partial charge in [0.1, 0.15) is 11.9 Å². The molecule has 0 amide bonds. The van der Waals surface area contributed by atoms with Crippen LogP contribution in [0.2, 0.25) is 0 Å². The molecule has 0 radical (unpaired) electrons. The number of fused-ring (bicyclic) bond motifs is 1. The summed E-state index contributed by atoms with van der Waals surface area (Å²) in [6.45, 7) is 4.09. The third-order valence-corrected chi connectivity index (χ3v) is 3.56. The number of hydrogen-bond acceptors (Lipinski definition) is 3. The van der Waals surface area contributed by atoms with Crippen molar-refractivity contribution in [2.45, 2.75) is 52.1 Å². The lowest BCUT2D eigenvalue weighted by molar-refractivity contribution is 0.210. The fraction of sp³-hybridized carbons (Fsp3) is 0.500. The van der Waals surface area contributed by atoms with E-state index in [4.69, 9.17) is 4.74 Å². The van der Waals surface area contributed by atoms with Crippen molar-refractivity contribution in [1.29, 1.82) is 0 Å². The monoisotopic (exact) mass is 262 g/mol. The van der Waals surface area contributed by atoms with Gasteiger partial charge in [0, 0.05) is 23.6 Å². The zero-order chi connectivity index (χ0) is 13.8. The lowest BCUT2D eigenvalue weighted by atomic mass is 9.99. The molecule has 1 aromatic rings. The fourth-order valence-electron chi connectivity index (χ4n) is 2.61. The predicted molar refractivity (Wildman–Crippen MR) is 76.7 cm³/mol. The minimum absolute atomic E-state index is 0.0405. The Morgan fingerprint density at radius 1 is 1.32 bits per heavy atom. The van der Waals surface area contributed by atoms with E-state index in [0.29, 0.717) is 5.75 Å². The van der Waals surface area contributed by atoms with E-state index in [9.17, 15) is 10.2 Å². The molecule has 0 spiro atoms. The second-order valence-electron chi connectivity index (χ2n) is 5.08. The van der Waals surface area contributed by atoms with Crippen LogP contribution in [0, 0.1) is 0 Å². The molecule has 1 aliphatic heterocycles. The molecule has 0 aliphatic carbocycles. The predicted octanol–water partition coefficient (Wildman–Crippen LogP) is 4.01. The Kier molecular flexibility index (Phi) is 4.35. The third-order valence-electron chi connectivity index (χ3n) is 3.56. The first kappa shape index (κ1) is 13.8. The maximum Gasteiger partial charge on any atom is 0.165 e. The first-order chi connectivity index (χ1) is 9.17. The summed E-state index contributed by atoms with van der Waals surface area (Å²) in [5, 5.41) is 19.8. The molecule has 0 bridgehead atoms. The number of allylic oxidation sites excluding steroid dienone is 1. The van der Waals surface area contributed by atoms with Crippen molar-refractivity contribution in [3.05, 3.63) is 23.3 Å².